The molecule has 1 fully saturated rings. The fourth-order valence-corrected chi connectivity index (χ4v) is 1.80. The zero-order chi connectivity index (χ0) is 13.1. The van der Waals surface area contributed by atoms with Crippen LogP contribution in [0.2, 0.25) is 5.15 Å². The minimum absolute atomic E-state index is 0.0724. The Labute approximate surface area is 107 Å². The third-order valence-corrected chi connectivity index (χ3v) is 2.71. The fraction of sp³-hybridized carbons (Fsp3) is 0.400. The summed E-state index contributed by atoms with van der Waals surface area (Å²) in [7, 11) is 0. The van der Waals surface area contributed by atoms with Crippen molar-refractivity contribution in [3.8, 4) is 0 Å². The predicted octanol–water partition coefficient (Wildman–Crippen LogP) is 1.76. The molecule has 96 valence electrons. The van der Waals surface area contributed by atoms with Gasteiger partial charge in [0, 0.05) is 12.7 Å². The van der Waals surface area contributed by atoms with E-state index in [1.165, 1.54) is 12.1 Å². The molecule has 2 heterocycles. The highest BCUT2D eigenvalue weighted by molar-refractivity contribution is 6.29. The molecule has 0 aliphatic carbocycles. The molecule has 0 saturated carbocycles. The Balaban J connectivity index is 2.19. The molecule has 1 unspecified atom stereocenters. The van der Waals surface area contributed by atoms with Crippen LogP contribution in [0.3, 0.4) is 0 Å². The summed E-state index contributed by atoms with van der Waals surface area (Å²) in [5, 5.41) is 13.2. The van der Waals surface area contributed by atoms with Crippen LogP contribution in [0.25, 0.3) is 0 Å². The Bertz CT molecular complexity index is 488. The van der Waals surface area contributed by atoms with Gasteiger partial charge in [0.2, 0.25) is 5.82 Å². The first kappa shape index (κ1) is 12.7. The van der Waals surface area contributed by atoms with Crippen molar-refractivity contribution in [3.05, 3.63) is 27.4 Å². The average molecular weight is 272 g/mol. The topological polar surface area (TPSA) is 94.4 Å². The molecule has 8 heteroatoms. The van der Waals surface area contributed by atoms with E-state index in [1.54, 1.807) is 0 Å². The molecule has 18 heavy (non-hydrogen) atoms. The summed E-state index contributed by atoms with van der Waals surface area (Å²) in [4.78, 5) is 25.6. The number of nitro groups is 1. The third-order valence-electron chi connectivity index (χ3n) is 2.50. The normalized spacial score (nSPS) is 18.6. The van der Waals surface area contributed by atoms with Crippen LogP contribution in [0.5, 0.6) is 0 Å². The Morgan fingerprint density at radius 3 is 3.00 bits per heavy atom. The van der Waals surface area contributed by atoms with Crippen molar-refractivity contribution in [2.24, 2.45) is 0 Å². The van der Waals surface area contributed by atoms with E-state index in [0.29, 0.717) is 13.0 Å². The number of hydrogen-bond donors (Lipinski definition) is 1. The first-order chi connectivity index (χ1) is 8.58. The average Bonchev–Trinajstić information content (AvgIpc) is 2.81. The molecule has 1 aliphatic rings. The number of aromatic nitrogens is 1. The maximum atomic E-state index is 11.8. The molecule has 1 aromatic heterocycles. The first-order valence-electron chi connectivity index (χ1n) is 5.31. The number of nitrogens with zero attached hydrogens (tertiary/aromatic N) is 2. The highest BCUT2D eigenvalue weighted by atomic mass is 35.5. The van der Waals surface area contributed by atoms with E-state index in [0.717, 1.165) is 6.42 Å². The second-order valence-corrected chi connectivity index (χ2v) is 4.14. The van der Waals surface area contributed by atoms with Crippen LogP contribution < -0.4 is 5.32 Å². The minimum Gasteiger partial charge on any atom is -0.368 e. The third kappa shape index (κ3) is 2.74. The lowest BCUT2D eigenvalue weighted by Crippen LogP contribution is -2.27. The standard InChI is InChI=1S/C10H10ClN3O4/c11-8-4-3-6(14(16)17)9(12-8)13-10(15)7-2-1-5-18-7/h3-4,7H,1-2,5H2,(H,12,13,15). The molecular weight excluding hydrogens is 262 g/mol. The number of anilines is 1. The quantitative estimate of drug-likeness (QED) is 0.513. The molecule has 0 aromatic carbocycles. The first-order valence-corrected chi connectivity index (χ1v) is 5.69. The van der Waals surface area contributed by atoms with Crippen LogP contribution in [0, 0.1) is 10.1 Å². The lowest BCUT2D eigenvalue weighted by Gasteiger charge is -2.09. The number of carbonyl (C=O) groups excluding carboxylic acids is 1. The van der Waals surface area contributed by atoms with Crippen molar-refractivity contribution in [2.75, 3.05) is 11.9 Å². The van der Waals surface area contributed by atoms with Gasteiger partial charge >= 0.3 is 5.69 Å². The minimum atomic E-state index is -0.631. The number of amides is 1. The zero-order valence-corrected chi connectivity index (χ0v) is 10.0. The van der Waals surface area contributed by atoms with Crippen molar-refractivity contribution in [2.45, 2.75) is 18.9 Å². The van der Waals surface area contributed by atoms with Crippen molar-refractivity contribution in [3.63, 3.8) is 0 Å². The van der Waals surface area contributed by atoms with Gasteiger partial charge in [0.15, 0.2) is 0 Å². The van der Waals surface area contributed by atoms with E-state index < -0.39 is 16.9 Å². The van der Waals surface area contributed by atoms with Crippen molar-refractivity contribution < 1.29 is 14.5 Å². The van der Waals surface area contributed by atoms with Crippen molar-refractivity contribution in [1.29, 1.82) is 0 Å². The molecular formula is C10H10ClN3O4. The van der Waals surface area contributed by atoms with Crippen LogP contribution in [-0.4, -0.2) is 28.5 Å². The van der Waals surface area contributed by atoms with E-state index in [1.807, 2.05) is 0 Å². The summed E-state index contributed by atoms with van der Waals surface area (Å²) < 4.78 is 5.17. The number of nitrogens with one attached hydrogen (secondary N) is 1. The van der Waals surface area contributed by atoms with Gasteiger partial charge < -0.3 is 10.1 Å². The van der Waals surface area contributed by atoms with E-state index in [2.05, 4.69) is 10.3 Å². The Kier molecular flexibility index (Phi) is 3.73. The highest BCUT2D eigenvalue weighted by Gasteiger charge is 2.26. The van der Waals surface area contributed by atoms with Crippen LogP contribution in [0.4, 0.5) is 11.5 Å². The number of rotatable bonds is 3. The van der Waals surface area contributed by atoms with E-state index in [4.69, 9.17) is 16.3 Å². The summed E-state index contributed by atoms with van der Waals surface area (Å²) in [5.41, 5.74) is -0.300. The van der Waals surface area contributed by atoms with Gasteiger partial charge in [-0.3, -0.25) is 14.9 Å². The van der Waals surface area contributed by atoms with Gasteiger partial charge in [0.1, 0.15) is 11.3 Å². The fourth-order valence-electron chi connectivity index (χ4n) is 1.65. The molecule has 1 N–H and O–H groups in total. The summed E-state index contributed by atoms with van der Waals surface area (Å²) in [6, 6.07) is 2.49. The van der Waals surface area contributed by atoms with Crippen LogP contribution in [0.15, 0.2) is 12.1 Å². The zero-order valence-electron chi connectivity index (χ0n) is 9.26. The lowest BCUT2D eigenvalue weighted by atomic mass is 10.2. The molecule has 1 amide bonds. The number of halogens is 1. The van der Waals surface area contributed by atoms with Gasteiger partial charge in [-0.1, -0.05) is 11.6 Å². The molecule has 0 radical (unpaired) electrons. The van der Waals surface area contributed by atoms with Gasteiger partial charge in [-0.2, -0.15) is 0 Å². The van der Waals surface area contributed by atoms with Gasteiger partial charge in [-0.05, 0) is 18.9 Å². The number of ether oxygens (including phenoxy) is 1. The SMILES string of the molecule is O=C(Nc1nc(Cl)ccc1[N+](=O)[O-])C1CCCO1. The molecule has 0 spiro atoms. The second-order valence-electron chi connectivity index (χ2n) is 3.75. The van der Waals surface area contributed by atoms with Gasteiger partial charge in [0.05, 0.1) is 4.92 Å². The number of pyridine rings is 1. The second kappa shape index (κ2) is 5.28. The smallest absolute Gasteiger partial charge is 0.311 e. The van der Waals surface area contributed by atoms with Crippen LogP contribution >= 0.6 is 11.6 Å². The molecule has 1 atom stereocenters. The largest absolute Gasteiger partial charge is 0.368 e. The monoisotopic (exact) mass is 271 g/mol. The number of hydrogen-bond acceptors (Lipinski definition) is 5. The maximum absolute atomic E-state index is 11.8. The summed E-state index contributed by atoms with van der Waals surface area (Å²) in [6.07, 6.45) is 0.814. The maximum Gasteiger partial charge on any atom is 0.311 e. The predicted molar refractivity (Wildman–Crippen MR) is 63.5 cm³/mol. The Morgan fingerprint density at radius 1 is 1.61 bits per heavy atom. The van der Waals surface area contributed by atoms with Crippen LogP contribution in [0.1, 0.15) is 12.8 Å². The number of carbonyl (C=O) groups is 1. The van der Waals surface area contributed by atoms with Crippen molar-refractivity contribution >= 4 is 29.0 Å². The molecule has 0 bridgehead atoms. The van der Waals surface area contributed by atoms with Crippen molar-refractivity contribution in [1.82, 2.24) is 4.98 Å². The van der Waals surface area contributed by atoms with Gasteiger partial charge in [-0.25, -0.2) is 4.98 Å². The van der Waals surface area contributed by atoms with E-state index in [9.17, 15) is 14.9 Å². The Morgan fingerprint density at radius 2 is 2.39 bits per heavy atom. The summed E-state index contributed by atoms with van der Waals surface area (Å²) in [6.45, 7) is 0.517. The summed E-state index contributed by atoms with van der Waals surface area (Å²) >= 11 is 5.65. The molecule has 2 rings (SSSR count). The molecule has 1 aliphatic heterocycles. The van der Waals surface area contributed by atoms with E-state index >= 15 is 0 Å². The van der Waals surface area contributed by atoms with Gasteiger partial charge in [0.25, 0.3) is 5.91 Å². The molecule has 1 aromatic rings. The molecule has 1 saturated heterocycles. The van der Waals surface area contributed by atoms with Crippen LogP contribution in [-0.2, 0) is 9.53 Å². The molecule has 7 nitrogen and oxygen atoms in total. The Hall–Kier alpha value is -1.73. The summed E-state index contributed by atoms with van der Waals surface area (Å²) in [5.74, 6) is -0.599. The lowest BCUT2D eigenvalue weighted by molar-refractivity contribution is -0.384. The van der Waals surface area contributed by atoms with E-state index in [-0.39, 0.29) is 16.7 Å². The highest BCUT2D eigenvalue weighted by Crippen LogP contribution is 2.25. The van der Waals surface area contributed by atoms with Gasteiger partial charge in [-0.15, -0.1) is 0 Å².